The Labute approximate surface area is 111 Å². The molecule has 0 spiro atoms. The molecule has 2 aliphatic carbocycles. The Kier molecular flexibility index (Phi) is 2.88. The summed E-state index contributed by atoms with van der Waals surface area (Å²) in [4.78, 5) is 33.4. The zero-order valence-electron chi connectivity index (χ0n) is 11.3. The highest BCUT2D eigenvalue weighted by atomic mass is 16.6. The molecule has 0 aromatic rings. The number of hydrogen-bond acceptors (Lipinski definition) is 5. The number of hydrogen-bond donors (Lipinski definition) is 1. The molecule has 6 heteroatoms. The third-order valence-corrected chi connectivity index (χ3v) is 5.16. The predicted octanol–water partition coefficient (Wildman–Crippen LogP) is 0.982. The minimum absolute atomic E-state index is 0.0712. The Balaban J connectivity index is 2.23. The van der Waals surface area contributed by atoms with E-state index in [1.165, 1.54) is 0 Å². The zero-order valence-corrected chi connectivity index (χ0v) is 11.3. The summed E-state index contributed by atoms with van der Waals surface area (Å²) in [6, 6.07) is 0. The van der Waals surface area contributed by atoms with E-state index in [1.807, 2.05) is 13.8 Å². The second-order valence-electron chi connectivity index (χ2n) is 6.15. The minimum atomic E-state index is -1.32. The van der Waals surface area contributed by atoms with Crippen LogP contribution in [0, 0.1) is 16.7 Å². The number of fused-ring (bicyclic) bond motifs is 1. The van der Waals surface area contributed by atoms with E-state index in [2.05, 4.69) is 6.92 Å². The lowest BCUT2D eigenvalue weighted by Gasteiger charge is -2.29. The summed E-state index contributed by atoms with van der Waals surface area (Å²) in [6.45, 7) is 5.63. The first kappa shape index (κ1) is 13.8. The van der Waals surface area contributed by atoms with Gasteiger partial charge in [-0.2, -0.15) is 0 Å². The molecule has 0 saturated heterocycles. The van der Waals surface area contributed by atoms with Crippen molar-refractivity contribution in [3.8, 4) is 0 Å². The molecule has 2 saturated carbocycles. The van der Waals surface area contributed by atoms with Gasteiger partial charge in [0.25, 0.3) is 6.47 Å². The maximum Gasteiger partial charge on any atom is 0.351 e. The first-order valence-corrected chi connectivity index (χ1v) is 6.23. The van der Waals surface area contributed by atoms with Gasteiger partial charge in [-0.15, -0.1) is 0 Å². The Morgan fingerprint density at radius 2 is 1.95 bits per heavy atom. The van der Waals surface area contributed by atoms with Gasteiger partial charge in [0.15, 0.2) is 6.61 Å². The molecule has 2 fully saturated rings. The first-order valence-electron chi connectivity index (χ1n) is 6.23. The van der Waals surface area contributed by atoms with E-state index in [-0.39, 0.29) is 23.2 Å². The van der Waals surface area contributed by atoms with E-state index in [0.29, 0.717) is 6.42 Å². The molecule has 0 aromatic heterocycles. The molecule has 0 aromatic carbocycles. The molecule has 1 N–H and O–H groups in total. The normalized spacial score (nSPS) is 38.2. The van der Waals surface area contributed by atoms with Crippen molar-refractivity contribution in [2.45, 2.75) is 39.2 Å². The Morgan fingerprint density at radius 3 is 2.37 bits per heavy atom. The van der Waals surface area contributed by atoms with Crippen molar-refractivity contribution in [2.24, 2.45) is 16.7 Å². The van der Waals surface area contributed by atoms with Crippen LogP contribution in [0.25, 0.3) is 0 Å². The number of ether oxygens (including phenoxy) is 2. The quantitative estimate of drug-likeness (QED) is 0.591. The van der Waals surface area contributed by atoms with Gasteiger partial charge in [0, 0.05) is 5.92 Å². The van der Waals surface area contributed by atoms with Crippen LogP contribution in [-0.2, 0) is 23.9 Å². The number of esters is 1. The predicted molar refractivity (Wildman–Crippen MR) is 63.1 cm³/mol. The van der Waals surface area contributed by atoms with Crippen LogP contribution in [0.3, 0.4) is 0 Å². The highest BCUT2D eigenvalue weighted by Gasteiger charge is 2.82. The van der Waals surface area contributed by atoms with Gasteiger partial charge in [-0.3, -0.25) is 4.79 Å². The smallest absolute Gasteiger partial charge is 0.351 e. The van der Waals surface area contributed by atoms with Crippen LogP contribution in [0.4, 0.5) is 0 Å². The van der Waals surface area contributed by atoms with E-state index >= 15 is 0 Å². The highest BCUT2D eigenvalue weighted by Crippen LogP contribution is 2.79. The maximum atomic E-state index is 12.2. The van der Waals surface area contributed by atoms with Crippen LogP contribution >= 0.6 is 0 Å². The van der Waals surface area contributed by atoms with E-state index in [1.54, 1.807) is 0 Å². The molecule has 0 aliphatic heterocycles. The van der Waals surface area contributed by atoms with Crippen molar-refractivity contribution in [2.75, 3.05) is 6.61 Å². The topological polar surface area (TPSA) is 89.9 Å². The van der Waals surface area contributed by atoms with Crippen molar-refractivity contribution in [1.82, 2.24) is 0 Å². The third kappa shape index (κ3) is 1.65. The first-order chi connectivity index (χ1) is 8.72. The highest BCUT2D eigenvalue weighted by molar-refractivity contribution is 5.85. The molecule has 2 aliphatic rings. The second-order valence-corrected chi connectivity index (χ2v) is 6.15. The molecule has 0 bridgehead atoms. The van der Waals surface area contributed by atoms with Crippen molar-refractivity contribution in [3.05, 3.63) is 0 Å². The lowest BCUT2D eigenvalue weighted by atomic mass is 9.87. The molecular formula is C13H18O6. The molecule has 6 nitrogen and oxygen atoms in total. The van der Waals surface area contributed by atoms with E-state index in [9.17, 15) is 14.4 Å². The summed E-state index contributed by atoms with van der Waals surface area (Å²) in [6.07, 6.45) is 1.13. The summed E-state index contributed by atoms with van der Waals surface area (Å²) in [5, 5.41) is 8.56. The number of carbonyl (C=O) groups is 3. The summed E-state index contributed by atoms with van der Waals surface area (Å²) < 4.78 is 9.85. The van der Waals surface area contributed by atoms with Crippen molar-refractivity contribution < 1.29 is 29.0 Å². The fraction of sp³-hybridized carbons (Fsp3) is 0.769. The van der Waals surface area contributed by atoms with Crippen LogP contribution in [-0.4, -0.2) is 35.7 Å². The number of carboxylic acid groups (broad SMARTS) is 1. The van der Waals surface area contributed by atoms with Crippen molar-refractivity contribution >= 4 is 18.4 Å². The molecule has 2 rings (SSSR count). The average Bonchev–Trinajstić information content (AvgIpc) is 2.63. The van der Waals surface area contributed by atoms with Crippen molar-refractivity contribution in [1.29, 1.82) is 0 Å². The van der Waals surface area contributed by atoms with E-state index in [4.69, 9.17) is 14.6 Å². The Bertz CT molecular complexity index is 442. The summed E-state index contributed by atoms with van der Waals surface area (Å²) in [7, 11) is 0. The molecule has 106 valence electrons. The van der Waals surface area contributed by atoms with Gasteiger partial charge < -0.3 is 14.6 Å². The van der Waals surface area contributed by atoms with E-state index < -0.39 is 24.1 Å². The van der Waals surface area contributed by atoms with Crippen LogP contribution in [0.1, 0.15) is 33.6 Å². The van der Waals surface area contributed by atoms with E-state index in [0.717, 1.165) is 6.42 Å². The minimum Gasteiger partial charge on any atom is -0.479 e. The largest absolute Gasteiger partial charge is 0.479 e. The number of rotatable bonds is 5. The molecule has 0 radical (unpaired) electrons. The summed E-state index contributed by atoms with van der Waals surface area (Å²) in [5.41, 5.74) is -1.52. The molecule has 19 heavy (non-hydrogen) atoms. The molecule has 0 heterocycles. The molecule has 3 unspecified atom stereocenters. The van der Waals surface area contributed by atoms with Gasteiger partial charge in [0.05, 0.1) is 0 Å². The number of aliphatic carboxylic acids is 1. The fourth-order valence-electron chi connectivity index (χ4n) is 3.95. The van der Waals surface area contributed by atoms with Crippen molar-refractivity contribution in [3.63, 3.8) is 0 Å². The maximum absolute atomic E-state index is 12.2. The van der Waals surface area contributed by atoms with Gasteiger partial charge in [0.2, 0.25) is 5.60 Å². The molecule has 0 amide bonds. The monoisotopic (exact) mass is 270 g/mol. The molecular weight excluding hydrogens is 252 g/mol. The van der Waals surface area contributed by atoms with Gasteiger partial charge in [-0.25, -0.2) is 9.59 Å². The lowest BCUT2D eigenvalue weighted by Crippen LogP contribution is -2.45. The SMILES string of the molecule is CC1(C)C2C(OC=O)(C(=O)OCC(=O)O)CCC21C. The fourth-order valence-corrected chi connectivity index (χ4v) is 3.95. The second kappa shape index (κ2) is 3.95. The van der Waals surface area contributed by atoms with Gasteiger partial charge in [-0.05, 0) is 23.7 Å². The Hall–Kier alpha value is -1.59. The Morgan fingerprint density at radius 1 is 1.32 bits per heavy atom. The zero-order chi connectivity index (χ0) is 14.5. The summed E-state index contributed by atoms with van der Waals surface area (Å²) in [5.74, 6) is -2.11. The standard InChI is InChI=1S/C13H18O6/c1-11(2)9-12(11,3)4-5-13(9,19-7-14)10(17)18-6-8(15)16/h7,9H,4-6H2,1-3H3,(H,15,16). The third-order valence-electron chi connectivity index (χ3n) is 5.16. The van der Waals surface area contributed by atoms with Gasteiger partial charge >= 0.3 is 11.9 Å². The van der Waals surface area contributed by atoms with Crippen LogP contribution < -0.4 is 0 Å². The van der Waals surface area contributed by atoms with Crippen LogP contribution in [0.2, 0.25) is 0 Å². The summed E-state index contributed by atoms with van der Waals surface area (Å²) >= 11 is 0. The van der Waals surface area contributed by atoms with Gasteiger partial charge in [-0.1, -0.05) is 20.8 Å². The van der Waals surface area contributed by atoms with Crippen LogP contribution in [0.15, 0.2) is 0 Å². The number of carbonyl (C=O) groups excluding carboxylic acids is 2. The molecule has 3 atom stereocenters. The average molecular weight is 270 g/mol. The lowest BCUT2D eigenvalue weighted by molar-refractivity contribution is -0.181. The number of carboxylic acids is 1. The van der Waals surface area contributed by atoms with Crippen LogP contribution in [0.5, 0.6) is 0 Å². The van der Waals surface area contributed by atoms with Gasteiger partial charge in [0.1, 0.15) is 0 Å².